The van der Waals surface area contributed by atoms with E-state index < -0.39 is 0 Å². The summed E-state index contributed by atoms with van der Waals surface area (Å²) < 4.78 is 0. The molecule has 0 saturated carbocycles. The van der Waals surface area contributed by atoms with Crippen LogP contribution in [-0.4, -0.2) is 45.3 Å². The smallest absolute Gasteiger partial charge is 0.128 e. The van der Waals surface area contributed by atoms with Gasteiger partial charge >= 0.3 is 0 Å². The van der Waals surface area contributed by atoms with Crippen molar-refractivity contribution < 1.29 is 0 Å². The third kappa shape index (κ3) is 2.88. The molecule has 0 amide bonds. The van der Waals surface area contributed by atoms with Crippen LogP contribution in [0, 0.1) is 0 Å². The highest BCUT2D eigenvalue weighted by atomic mass is 15.2. The van der Waals surface area contributed by atoms with Crippen LogP contribution >= 0.6 is 0 Å². The second-order valence-corrected chi connectivity index (χ2v) is 4.82. The third-order valence-corrected chi connectivity index (χ3v) is 3.46. The van der Waals surface area contributed by atoms with E-state index in [9.17, 15) is 0 Å². The van der Waals surface area contributed by atoms with Crippen molar-refractivity contribution in [1.29, 1.82) is 0 Å². The molecule has 1 N–H and O–H groups in total. The van der Waals surface area contributed by atoms with Crippen LogP contribution in [0.25, 0.3) is 0 Å². The first kappa shape index (κ1) is 12.2. The summed E-state index contributed by atoms with van der Waals surface area (Å²) >= 11 is 0. The minimum Gasteiger partial charge on any atom is -0.370 e. The lowest BCUT2D eigenvalue weighted by Gasteiger charge is -2.33. The molecule has 0 aromatic carbocycles. The van der Waals surface area contributed by atoms with Crippen LogP contribution in [0.2, 0.25) is 0 Å². The molecule has 1 aromatic heterocycles. The van der Waals surface area contributed by atoms with Crippen LogP contribution in [0.4, 0.5) is 11.5 Å². The van der Waals surface area contributed by atoms with Gasteiger partial charge in [-0.15, -0.1) is 0 Å². The number of pyridine rings is 1. The van der Waals surface area contributed by atoms with Gasteiger partial charge in [-0.05, 0) is 32.0 Å². The molecule has 1 aromatic rings. The van der Waals surface area contributed by atoms with E-state index in [0.717, 1.165) is 18.9 Å². The first-order valence-electron chi connectivity index (χ1n) is 6.26. The molecule has 17 heavy (non-hydrogen) atoms. The van der Waals surface area contributed by atoms with Gasteiger partial charge in [0.05, 0.1) is 11.9 Å². The lowest BCUT2D eigenvalue weighted by atomic mass is 10.1. The SMILES string of the molecule is CNC1CCN(c2ccc(N(C)C)nc2)CC1. The Hall–Kier alpha value is -1.29. The van der Waals surface area contributed by atoms with E-state index in [0.29, 0.717) is 6.04 Å². The van der Waals surface area contributed by atoms with E-state index in [2.05, 4.69) is 27.3 Å². The van der Waals surface area contributed by atoms with E-state index in [1.54, 1.807) is 0 Å². The number of anilines is 2. The molecule has 94 valence electrons. The molecule has 0 unspecified atom stereocenters. The Bertz CT molecular complexity index is 339. The van der Waals surface area contributed by atoms with Crippen LogP contribution in [0.5, 0.6) is 0 Å². The van der Waals surface area contributed by atoms with Crippen LogP contribution < -0.4 is 15.1 Å². The number of hydrogen-bond acceptors (Lipinski definition) is 4. The fourth-order valence-corrected chi connectivity index (χ4v) is 2.26. The summed E-state index contributed by atoms with van der Waals surface area (Å²) in [6, 6.07) is 4.93. The Kier molecular flexibility index (Phi) is 3.84. The van der Waals surface area contributed by atoms with Crippen molar-refractivity contribution in [3.8, 4) is 0 Å². The van der Waals surface area contributed by atoms with Crippen molar-refractivity contribution >= 4 is 11.5 Å². The largest absolute Gasteiger partial charge is 0.370 e. The van der Waals surface area contributed by atoms with Gasteiger partial charge in [-0.3, -0.25) is 0 Å². The summed E-state index contributed by atoms with van der Waals surface area (Å²) in [6.07, 6.45) is 4.41. The van der Waals surface area contributed by atoms with Gasteiger partial charge in [0.25, 0.3) is 0 Å². The molecule has 2 heterocycles. The molecular weight excluding hydrogens is 212 g/mol. The molecule has 1 fully saturated rings. The van der Waals surface area contributed by atoms with Crippen LogP contribution in [-0.2, 0) is 0 Å². The zero-order valence-electron chi connectivity index (χ0n) is 11.0. The quantitative estimate of drug-likeness (QED) is 0.855. The molecular formula is C13H22N4. The normalized spacial score (nSPS) is 17.2. The average molecular weight is 234 g/mol. The van der Waals surface area contributed by atoms with Gasteiger partial charge in [0.1, 0.15) is 5.82 Å². The zero-order chi connectivity index (χ0) is 12.3. The Morgan fingerprint density at radius 3 is 2.47 bits per heavy atom. The second-order valence-electron chi connectivity index (χ2n) is 4.82. The number of piperidine rings is 1. The Morgan fingerprint density at radius 2 is 2.00 bits per heavy atom. The van der Waals surface area contributed by atoms with Gasteiger partial charge in [-0.2, -0.15) is 0 Å². The van der Waals surface area contributed by atoms with Crippen molar-refractivity contribution in [2.45, 2.75) is 18.9 Å². The molecule has 1 aliphatic heterocycles. The monoisotopic (exact) mass is 234 g/mol. The summed E-state index contributed by atoms with van der Waals surface area (Å²) in [7, 11) is 6.08. The minimum absolute atomic E-state index is 0.681. The van der Waals surface area contributed by atoms with Crippen molar-refractivity contribution in [3.05, 3.63) is 18.3 Å². The third-order valence-electron chi connectivity index (χ3n) is 3.46. The maximum absolute atomic E-state index is 4.46. The first-order valence-corrected chi connectivity index (χ1v) is 6.26. The van der Waals surface area contributed by atoms with Gasteiger partial charge in [0, 0.05) is 33.2 Å². The van der Waals surface area contributed by atoms with Gasteiger partial charge < -0.3 is 15.1 Å². The lowest BCUT2D eigenvalue weighted by Crippen LogP contribution is -2.41. The van der Waals surface area contributed by atoms with E-state index in [1.807, 2.05) is 32.2 Å². The Labute approximate surface area is 104 Å². The summed E-state index contributed by atoms with van der Waals surface area (Å²) in [5.41, 5.74) is 1.24. The summed E-state index contributed by atoms with van der Waals surface area (Å²) in [6.45, 7) is 2.24. The topological polar surface area (TPSA) is 31.4 Å². The summed E-state index contributed by atoms with van der Waals surface area (Å²) in [5.74, 6) is 1.01. The van der Waals surface area contributed by atoms with Crippen molar-refractivity contribution in [1.82, 2.24) is 10.3 Å². The average Bonchev–Trinajstić information content (AvgIpc) is 2.39. The van der Waals surface area contributed by atoms with Gasteiger partial charge in [-0.1, -0.05) is 0 Å². The summed E-state index contributed by atoms with van der Waals surface area (Å²) in [4.78, 5) is 8.90. The predicted molar refractivity (Wildman–Crippen MR) is 72.9 cm³/mol. The molecule has 4 nitrogen and oxygen atoms in total. The van der Waals surface area contributed by atoms with Gasteiger partial charge in [0.15, 0.2) is 0 Å². The first-order chi connectivity index (χ1) is 8.20. The van der Waals surface area contributed by atoms with Crippen LogP contribution in [0.1, 0.15) is 12.8 Å². The molecule has 4 heteroatoms. The molecule has 0 aliphatic carbocycles. The highest BCUT2D eigenvalue weighted by molar-refractivity contribution is 5.50. The maximum Gasteiger partial charge on any atom is 0.128 e. The second kappa shape index (κ2) is 5.36. The Morgan fingerprint density at radius 1 is 1.29 bits per heavy atom. The highest BCUT2D eigenvalue weighted by Gasteiger charge is 2.17. The van der Waals surface area contributed by atoms with Crippen LogP contribution in [0.15, 0.2) is 18.3 Å². The summed E-state index contributed by atoms with van der Waals surface area (Å²) in [5, 5.41) is 3.35. The molecule has 0 radical (unpaired) electrons. The maximum atomic E-state index is 4.46. The molecule has 1 saturated heterocycles. The van der Waals surface area contributed by atoms with Crippen LogP contribution in [0.3, 0.4) is 0 Å². The van der Waals surface area contributed by atoms with Gasteiger partial charge in [0.2, 0.25) is 0 Å². The number of hydrogen-bond donors (Lipinski definition) is 1. The number of aromatic nitrogens is 1. The molecule has 2 rings (SSSR count). The van der Waals surface area contributed by atoms with E-state index in [-0.39, 0.29) is 0 Å². The van der Waals surface area contributed by atoms with Gasteiger partial charge in [-0.25, -0.2) is 4.98 Å². The van der Waals surface area contributed by atoms with Crippen molar-refractivity contribution in [2.75, 3.05) is 44.0 Å². The standard InChI is InChI=1S/C13H22N4/c1-14-11-6-8-17(9-7-11)12-4-5-13(15-10-12)16(2)3/h4-5,10-11,14H,6-9H2,1-3H3. The highest BCUT2D eigenvalue weighted by Crippen LogP contribution is 2.20. The lowest BCUT2D eigenvalue weighted by molar-refractivity contribution is 0.442. The number of rotatable bonds is 3. The molecule has 0 atom stereocenters. The number of nitrogens with zero attached hydrogens (tertiary/aromatic N) is 3. The van der Waals surface area contributed by atoms with Crippen molar-refractivity contribution in [3.63, 3.8) is 0 Å². The molecule has 0 spiro atoms. The predicted octanol–water partition coefficient (Wildman–Crippen LogP) is 1.34. The van der Waals surface area contributed by atoms with E-state index in [1.165, 1.54) is 18.5 Å². The Balaban J connectivity index is 1.99. The van der Waals surface area contributed by atoms with Crippen molar-refractivity contribution in [2.24, 2.45) is 0 Å². The van der Waals surface area contributed by atoms with E-state index >= 15 is 0 Å². The molecule has 1 aliphatic rings. The zero-order valence-corrected chi connectivity index (χ0v) is 11.0. The fraction of sp³-hybridized carbons (Fsp3) is 0.615. The molecule has 0 bridgehead atoms. The van der Waals surface area contributed by atoms with E-state index in [4.69, 9.17) is 0 Å². The number of nitrogens with one attached hydrogen (secondary N) is 1. The fourth-order valence-electron chi connectivity index (χ4n) is 2.26. The minimum atomic E-state index is 0.681.